The average molecular weight is 492 g/mol. The van der Waals surface area contributed by atoms with Gasteiger partial charge in [0.15, 0.2) is 0 Å². The molecule has 0 aliphatic carbocycles. The molecule has 0 saturated carbocycles. The summed E-state index contributed by atoms with van der Waals surface area (Å²) in [5, 5.41) is 0. The summed E-state index contributed by atoms with van der Waals surface area (Å²) in [5.41, 5.74) is 2.48. The SMILES string of the molecule is CCCCCCCCCCCC[N+](C)(C)Cc1ccccc1.Cc1ccc(S(=O)([O-])=S)cc1. The minimum atomic E-state index is -3.44. The van der Waals surface area contributed by atoms with Crippen molar-refractivity contribution in [3.8, 4) is 0 Å². The number of hydrogen-bond donors (Lipinski definition) is 0. The van der Waals surface area contributed by atoms with Crippen LogP contribution in [-0.4, -0.2) is 33.9 Å². The number of benzene rings is 2. The van der Waals surface area contributed by atoms with Crippen LogP contribution in [0.5, 0.6) is 0 Å². The highest BCUT2D eigenvalue weighted by Gasteiger charge is 2.14. The molecular formula is C28H45NO2S2. The maximum atomic E-state index is 10.8. The van der Waals surface area contributed by atoms with Crippen molar-refractivity contribution in [2.24, 2.45) is 0 Å². The van der Waals surface area contributed by atoms with Gasteiger partial charge in [-0.05, 0) is 51.9 Å². The molecule has 0 N–H and O–H groups in total. The Hall–Kier alpha value is -1.27. The summed E-state index contributed by atoms with van der Waals surface area (Å²) in [4.78, 5) is 0.193. The third-order valence-electron chi connectivity index (χ3n) is 5.88. The van der Waals surface area contributed by atoms with Crippen LogP contribution in [0.1, 0.15) is 82.3 Å². The molecule has 2 rings (SSSR count). The molecule has 0 heterocycles. The summed E-state index contributed by atoms with van der Waals surface area (Å²) in [6.45, 7) is 6.63. The Morgan fingerprint density at radius 2 is 1.27 bits per heavy atom. The molecule has 0 spiro atoms. The lowest BCUT2D eigenvalue weighted by molar-refractivity contribution is -0.903. The van der Waals surface area contributed by atoms with E-state index < -0.39 is 8.77 Å². The van der Waals surface area contributed by atoms with Gasteiger partial charge < -0.3 is 9.04 Å². The van der Waals surface area contributed by atoms with Crippen molar-refractivity contribution in [1.82, 2.24) is 0 Å². The van der Waals surface area contributed by atoms with Crippen molar-refractivity contribution in [3.05, 3.63) is 65.7 Å². The molecule has 186 valence electrons. The highest BCUT2D eigenvalue weighted by atomic mass is 32.8. The lowest BCUT2D eigenvalue weighted by atomic mass is 10.1. The zero-order chi connectivity index (χ0) is 24.6. The van der Waals surface area contributed by atoms with Crippen molar-refractivity contribution < 1.29 is 13.2 Å². The zero-order valence-corrected chi connectivity index (χ0v) is 22.9. The number of nitrogens with zero attached hydrogens (tertiary/aromatic N) is 1. The van der Waals surface area contributed by atoms with Gasteiger partial charge in [-0.25, -0.2) is 0 Å². The Morgan fingerprint density at radius 3 is 1.76 bits per heavy atom. The summed E-state index contributed by atoms with van der Waals surface area (Å²) in [6.07, 6.45) is 14.2. The quantitative estimate of drug-likeness (QED) is 0.204. The minimum absolute atomic E-state index is 0.193. The van der Waals surface area contributed by atoms with Gasteiger partial charge in [0.1, 0.15) is 6.54 Å². The fraction of sp³-hybridized carbons (Fsp3) is 0.571. The summed E-state index contributed by atoms with van der Waals surface area (Å²) in [7, 11) is 1.29. The van der Waals surface area contributed by atoms with E-state index in [-0.39, 0.29) is 4.90 Å². The Balaban J connectivity index is 0.000000412. The molecular weight excluding hydrogens is 446 g/mol. The third-order valence-corrected chi connectivity index (χ3v) is 7.31. The predicted octanol–water partition coefficient (Wildman–Crippen LogP) is 7.41. The summed E-state index contributed by atoms with van der Waals surface area (Å²) < 4.78 is 22.6. The highest BCUT2D eigenvalue weighted by Crippen LogP contribution is 2.14. The fourth-order valence-corrected chi connectivity index (χ4v) is 4.69. The van der Waals surface area contributed by atoms with Crippen LogP contribution in [0.25, 0.3) is 0 Å². The second-order valence-corrected chi connectivity index (χ2v) is 12.4. The van der Waals surface area contributed by atoms with Gasteiger partial charge in [-0.15, -0.1) is 0 Å². The largest absolute Gasteiger partial charge is 0.766 e. The van der Waals surface area contributed by atoms with Gasteiger partial charge in [-0.3, -0.25) is 4.21 Å². The molecule has 5 heteroatoms. The van der Waals surface area contributed by atoms with Crippen LogP contribution in [0.3, 0.4) is 0 Å². The number of unbranched alkanes of at least 4 members (excludes halogenated alkanes) is 9. The second kappa shape index (κ2) is 16.4. The zero-order valence-electron chi connectivity index (χ0n) is 21.3. The van der Waals surface area contributed by atoms with Crippen molar-refractivity contribution in [1.29, 1.82) is 0 Å². The monoisotopic (exact) mass is 491 g/mol. The number of hydrogen-bond acceptors (Lipinski definition) is 3. The van der Waals surface area contributed by atoms with Gasteiger partial charge in [-0.2, -0.15) is 0 Å². The van der Waals surface area contributed by atoms with E-state index >= 15 is 0 Å². The van der Waals surface area contributed by atoms with Gasteiger partial charge in [0.05, 0.1) is 20.6 Å². The molecule has 33 heavy (non-hydrogen) atoms. The molecule has 0 fully saturated rings. The van der Waals surface area contributed by atoms with Crippen LogP contribution >= 0.6 is 0 Å². The summed E-state index contributed by atoms with van der Waals surface area (Å²) in [5.74, 6) is 0. The Labute approximate surface area is 208 Å². The molecule has 0 aliphatic rings. The number of quaternary nitrogens is 1. The van der Waals surface area contributed by atoms with Gasteiger partial charge in [-0.1, -0.05) is 106 Å². The van der Waals surface area contributed by atoms with Gasteiger partial charge in [0.25, 0.3) is 0 Å². The van der Waals surface area contributed by atoms with Crippen molar-refractivity contribution in [2.45, 2.75) is 89.5 Å². The molecule has 0 bridgehead atoms. The van der Waals surface area contributed by atoms with Crippen LogP contribution in [0.4, 0.5) is 0 Å². The molecule has 2 aromatic rings. The van der Waals surface area contributed by atoms with Crippen LogP contribution in [-0.2, 0) is 26.5 Å². The maximum absolute atomic E-state index is 10.8. The lowest BCUT2D eigenvalue weighted by Crippen LogP contribution is -2.39. The first-order valence-electron chi connectivity index (χ1n) is 12.5. The number of aryl methyl sites for hydroxylation is 1. The molecule has 0 amide bonds. The molecule has 0 radical (unpaired) electrons. The molecule has 0 aromatic heterocycles. The van der Waals surface area contributed by atoms with Gasteiger partial charge in [0.2, 0.25) is 0 Å². The van der Waals surface area contributed by atoms with E-state index in [9.17, 15) is 8.76 Å². The highest BCUT2D eigenvalue weighted by molar-refractivity contribution is 8.29. The minimum Gasteiger partial charge on any atom is -0.766 e. The van der Waals surface area contributed by atoms with Gasteiger partial charge in [0, 0.05) is 10.5 Å². The lowest BCUT2D eigenvalue weighted by Gasteiger charge is -2.30. The van der Waals surface area contributed by atoms with E-state index in [0.717, 1.165) is 16.6 Å². The van der Waals surface area contributed by atoms with Crippen LogP contribution in [0.15, 0.2) is 59.5 Å². The van der Waals surface area contributed by atoms with Crippen LogP contribution in [0.2, 0.25) is 0 Å². The predicted molar refractivity (Wildman–Crippen MR) is 145 cm³/mol. The van der Waals surface area contributed by atoms with Gasteiger partial charge >= 0.3 is 0 Å². The topological polar surface area (TPSA) is 40.1 Å². The number of rotatable bonds is 14. The molecule has 0 saturated heterocycles. The van der Waals surface area contributed by atoms with Crippen molar-refractivity contribution in [3.63, 3.8) is 0 Å². The van der Waals surface area contributed by atoms with E-state index in [0.29, 0.717) is 0 Å². The standard InChI is InChI=1S/C21H38N.C7H8O2S2/c1-4-5-6-7-8-9-10-11-12-16-19-22(2,3)20-21-17-14-13-15-18-21;1-6-2-4-7(5-3-6)11(8,9)10/h13-15,17-18H,4-12,16,19-20H2,1-3H3;2-5H,1H3,(H,8,9,10)/q+1;/p-1. The smallest absolute Gasteiger partial charge is 0.104 e. The van der Waals surface area contributed by atoms with E-state index in [2.05, 4.69) is 62.5 Å². The normalized spacial score (nSPS) is 13.1. The van der Waals surface area contributed by atoms with E-state index in [1.807, 2.05) is 6.92 Å². The Morgan fingerprint density at radius 1 is 0.788 bits per heavy atom. The van der Waals surface area contributed by atoms with Crippen molar-refractivity contribution >= 4 is 20.0 Å². The summed E-state index contributed by atoms with van der Waals surface area (Å²) in [6, 6.07) is 17.4. The summed E-state index contributed by atoms with van der Waals surface area (Å²) >= 11 is 4.27. The third kappa shape index (κ3) is 15.3. The Kier molecular flexibility index (Phi) is 14.8. The molecule has 1 unspecified atom stereocenters. The first-order valence-corrected chi connectivity index (χ1v) is 14.9. The molecule has 3 nitrogen and oxygen atoms in total. The van der Waals surface area contributed by atoms with Crippen LogP contribution in [0, 0.1) is 6.92 Å². The molecule has 2 aromatic carbocycles. The fourth-order valence-electron chi connectivity index (χ4n) is 3.89. The van der Waals surface area contributed by atoms with Crippen molar-refractivity contribution in [2.75, 3.05) is 20.6 Å². The molecule has 1 atom stereocenters. The first kappa shape index (κ1) is 29.8. The first-order chi connectivity index (χ1) is 15.6. The molecule has 0 aliphatic heterocycles. The average Bonchev–Trinajstić information content (AvgIpc) is 2.75. The van der Waals surface area contributed by atoms with E-state index in [1.165, 1.54) is 88.4 Å². The Bertz CT molecular complexity index is 847. The van der Waals surface area contributed by atoms with Crippen LogP contribution < -0.4 is 0 Å². The van der Waals surface area contributed by atoms with E-state index in [1.54, 1.807) is 12.1 Å². The maximum Gasteiger partial charge on any atom is 0.104 e. The van der Waals surface area contributed by atoms with E-state index in [4.69, 9.17) is 0 Å². The second-order valence-electron chi connectivity index (χ2n) is 9.75.